The molecule has 3 nitrogen and oxygen atoms in total. The Morgan fingerprint density at radius 1 is 0.739 bits per heavy atom. The van der Waals surface area contributed by atoms with E-state index in [2.05, 4.69) is 26.6 Å². The molecule has 0 atom stereocenters. The van der Waals surface area contributed by atoms with Gasteiger partial charge < -0.3 is 10.6 Å². The summed E-state index contributed by atoms with van der Waals surface area (Å²) in [6.07, 6.45) is 0. The van der Waals surface area contributed by atoms with Crippen LogP contribution in [-0.4, -0.2) is 5.91 Å². The molecule has 4 heteroatoms. The number of rotatable bonds is 4. The lowest BCUT2D eigenvalue weighted by atomic mass is 10.2. The number of benzene rings is 3. The average molecular weight is 367 g/mol. The summed E-state index contributed by atoms with van der Waals surface area (Å²) in [4.78, 5) is 12.1. The number of carbonyl (C=O) groups excluding carboxylic acids is 1. The summed E-state index contributed by atoms with van der Waals surface area (Å²) >= 11 is 3.45. The van der Waals surface area contributed by atoms with Gasteiger partial charge in [0.25, 0.3) is 5.91 Å². The van der Waals surface area contributed by atoms with Crippen LogP contribution in [0.1, 0.15) is 10.4 Å². The predicted octanol–water partition coefficient (Wildman–Crippen LogP) is 5.45. The summed E-state index contributed by atoms with van der Waals surface area (Å²) in [6, 6.07) is 24.7. The normalized spacial score (nSPS) is 10.1. The highest BCUT2D eigenvalue weighted by atomic mass is 79.9. The van der Waals surface area contributed by atoms with Gasteiger partial charge in [-0.1, -0.05) is 40.2 Å². The molecule has 0 aromatic heterocycles. The van der Waals surface area contributed by atoms with Crippen LogP contribution in [0.5, 0.6) is 0 Å². The first-order valence-electron chi connectivity index (χ1n) is 7.20. The number of carbonyl (C=O) groups is 1. The van der Waals surface area contributed by atoms with Gasteiger partial charge in [-0.05, 0) is 54.6 Å². The van der Waals surface area contributed by atoms with Gasteiger partial charge in [0, 0.05) is 27.1 Å². The molecule has 2 N–H and O–H groups in total. The monoisotopic (exact) mass is 366 g/mol. The molecule has 0 aliphatic carbocycles. The zero-order valence-corrected chi connectivity index (χ0v) is 13.9. The van der Waals surface area contributed by atoms with E-state index >= 15 is 0 Å². The van der Waals surface area contributed by atoms with E-state index in [9.17, 15) is 4.79 Å². The third kappa shape index (κ3) is 4.20. The van der Waals surface area contributed by atoms with Gasteiger partial charge in [-0.15, -0.1) is 0 Å². The van der Waals surface area contributed by atoms with E-state index < -0.39 is 0 Å². The lowest BCUT2D eigenvalue weighted by molar-refractivity contribution is 0.102. The number of hydrogen-bond acceptors (Lipinski definition) is 2. The number of nitrogens with one attached hydrogen (secondary N) is 2. The second-order valence-electron chi connectivity index (χ2n) is 5.03. The first-order chi connectivity index (χ1) is 11.2. The standard InChI is InChI=1S/C19H15BrN2O/c20-15-7-4-8-18(13-15)21-16-9-11-17(12-10-16)22-19(23)14-5-2-1-3-6-14/h1-13,21H,(H,22,23). The second kappa shape index (κ2) is 7.11. The van der Waals surface area contributed by atoms with Crippen molar-refractivity contribution in [1.29, 1.82) is 0 Å². The van der Waals surface area contributed by atoms with Gasteiger partial charge in [0.15, 0.2) is 0 Å². The van der Waals surface area contributed by atoms with E-state index in [0.717, 1.165) is 21.5 Å². The molecule has 0 radical (unpaired) electrons. The van der Waals surface area contributed by atoms with Crippen molar-refractivity contribution in [2.45, 2.75) is 0 Å². The minimum atomic E-state index is -0.113. The van der Waals surface area contributed by atoms with E-state index in [1.54, 1.807) is 12.1 Å². The predicted molar refractivity (Wildman–Crippen MR) is 98.3 cm³/mol. The van der Waals surface area contributed by atoms with Crippen LogP contribution < -0.4 is 10.6 Å². The molecule has 3 aromatic carbocycles. The average Bonchev–Trinajstić information content (AvgIpc) is 2.57. The van der Waals surface area contributed by atoms with Crippen LogP contribution in [0.25, 0.3) is 0 Å². The van der Waals surface area contributed by atoms with Crippen molar-refractivity contribution in [2.75, 3.05) is 10.6 Å². The molecule has 0 fully saturated rings. The van der Waals surface area contributed by atoms with E-state index in [-0.39, 0.29) is 5.91 Å². The van der Waals surface area contributed by atoms with Gasteiger partial charge in [-0.25, -0.2) is 0 Å². The molecule has 0 aliphatic heterocycles. The minimum Gasteiger partial charge on any atom is -0.355 e. The molecule has 0 saturated heterocycles. The zero-order chi connectivity index (χ0) is 16.1. The van der Waals surface area contributed by atoms with Gasteiger partial charge in [0.2, 0.25) is 0 Å². The van der Waals surface area contributed by atoms with E-state index in [1.165, 1.54) is 0 Å². The van der Waals surface area contributed by atoms with Gasteiger partial charge in [0.1, 0.15) is 0 Å². The Morgan fingerprint density at radius 3 is 2.13 bits per heavy atom. The number of amides is 1. The van der Waals surface area contributed by atoms with Crippen LogP contribution in [0, 0.1) is 0 Å². The van der Waals surface area contributed by atoms with Crippen molar-refractivity contribution in [3.05, 3.63) is 88.9 Å². The van der Waals surface area contributed by atoms with Crippen molar-refractivity contribution >= 4 is 38.9 Å². The smallest absolute Gasteiger partial charge is 0.255 e. The lowest BCUT2D eigenvalue weighted by Crippen LogP contribution is -2.11. The van der Waals surface area contributed by atoms with Gasteiger partial charge >= 0.3 is 0 Å². The van der Waals surface area contributed by atoms with Gasteiger partial charge in [-0.3, -0.25) is 4.79 Å². The molecule has 1 amide bonds. The fraction of sp³-hybridized carbons (Fsp3) is 0. The maximum atomic E-state index is 12.1. The molecule has 0 unspecified atom stereocenters. The maximum Gasteiger partial charge on any atom is 0.255 e. The second-order valence-corrected chi connectivity index (χ2v) is 5.95. The summed E-state index contributed by atoms with van der Waals surface area (Å²) in [7, 11) is 0. The van der Waals surface area contributed by atoms with Crippen molar-refractivity contribution in [1.82, 2.24) is 0 Å². The van der Waals surface area contributed by atoms with E-state index in [0.29, 0.717) is 5.56 Å². The topological polar surface area (TPSA) is 41.1 Å². The summed E-state index contributed by atoms with van der Waals surface area (Å²) in [6.45, 7) is 0. The Kier molecular flexibility index (Phi) is 4.74. The third-order valence-corrected chi connectivity index (χ3v) is 3.79. The fourth-order valence-electron chi connectivity index (χ4n) is 2.16. The number of anilines is 3. The van der Waals surface area contributed by atoms with Crippen LogP contribution in [0.3, 0.4) is 0 Å². The molecule has 3 rings (SSSR count). The molecule has 23 heavy (non-hydrogen) atoms. The van der Waals surface area contributed by atoms with Crippen LogP contribution in [0.2, 0.25) is 0 Å². The Bertz CT molecular complexity index is 801. The molecular weight excluding hydrogens is 352 g/mol. The molecule has 0 aliphatic rings. The highest BCUT2D eigenvalue weighted by Gasteiger charge is 2.05. The molecule has 0 saturated carbocycles. The largest absolute Gasteiger partial charge is 0.355 e. The summed E-state index contributed by atoms with van der Waals surface area (Å²) in [5.41, 5.74) is 3.36. The van der Waals surface area contributed by atoms with E-state index in [4.69, 9.17) is 0 Å². The van der Waals surface area contributed by atoms with Crippen LogP contribution in [0.4, 0.5) is 17.1 Å². The van der Waals surface area contributed by atoms with Crippen molar-refractivity contribution in [3.63, 3.8) is 0 Å². The highest BCUT2D eigenvalue weighted by Crippen LogP contribution is 2.22. The van der Waals surface area contributed by atoms with Crippen molar-refractivity contribution < 1.29 is 4.79 Å². The minimum absolute atomic E-state index is 0.113. The number of hydrogen-bond donors (Lipinski definition) is 2. The Labute approximate surface area is 143 Å². The van der Waals surface area contributed by atoms with Gasteiger partial charge in [-0.2, -0.15) is 0 Å². The van der Waals surface area contributed by atoms with E-state index in [1.807, 2.05) is 66.7 Å². The molecular formula is C19H15BrN2O. The summed E-state index contributed by atoms with van der Waals surface area (Å²) in [5, 5.41) is 6.20. The van der Waals surface area contributed by atoms with Crippen LogP contribution in [0.15, 0.2) is 83.3 Å². The molecule has 0 bridgehead atoms. The van der Waals surface area contributed by atoms with Crippen molar-refractivity contribution in [3.8, 4) is 0 Å². The Morgan fingerprint density at radius 2 is 1.43 bits per heavy atom. The maximum absolute atomic E-state index is 12.1. The molecule has 114 valence electrons. The first kappa shape index (κ1) is 15.3. The quantitative estimate of drug-likeness (QED) is 0.644. The van der Waals surface area contributed by atoms with Crippen molar-refractivity contribution in [2.24, 2.45) is 0 Å². The fourth-order valence-corrected chi connectivity index (χ4v) is 2.56. The third-order valence-electron chi connectivity index (χ3n) is 3.29. The van der Waals surface area contributed by atoms with Crippen LogP contribution in [-0.2, 0) is 0 Å². The molecule has 0 heterocycles. The van der Waals surface area contributed by atoms with Gasteiger partial charge in [0.05, 0.1) is 0 Å². The highest BCUT2D eigenvalue weighted by molar-refractivity contribution is 9.10. The Hall–Kier alpha value is -2.59. The Balaban J connectivity index is 1.66. The zero-order valence-electron chi connectivity index (χ0n) is 12.3. The number of halogens is 1. The lowest BCUT2D eigenvalue weighted by Gasteiger charge is -2.09. The van der Waals surface area contributed by atoms with Crippen LogP contribution >= 0.6 is 15.9 Å². The summed E-state index contributed by atoms with van der Waals surface area (Å²) in [5.74, 6) is -0.113. The molecule has 3 aromatic rings. The first-order valence-corrected chi connectivity index (χ1v) is 7.99. The SMILES string of the molecule is O=C(Nc1ccc(Nc2cccc(Br)c2)cc1)c1ccccc1. The molecule has 0 spiro atoms. The summed E-state index contributed by atoms with van der Waals surface area (Å²) < 4.78 is 1.02.